The average molecular weight is 219 g/mol. The molecule has 0 saturated carbocycles. The van der Waals surface area contributed by atoms with Crippen molar-refractivity contribution in [2.75, 3.05) is 12.4 Å². The van der Waals surface area contributed by atoms with E-state index in [1.54, 1.807) is 31.4 Å². The third-order valence-electron chi connectivity index (χ3n) is 1.83. The maximum Gasteiger partial charge on any atom is 0.248 e. The molecule has 0 fully saturated rings. The van der Waals surface area contributed by atoms with Crippen LogP contribution in [0.2, 0.25) is 0 Å². The van der Waals surface area contributed by atoms with Crippen LogP contribution >= 0.6 is 0 Å². The number of amides is 1. The predicted octanol–water partition coefficient (Wildman–Crippen LogP) is 1.78. The number of benzene rings is 1. The molecule has 1 N–H and O–H groups in total. The van der Waals surface area contributed by atoms with Gasteiger partial charge >= 0.3 is 0 Å². The van der Waals surface area contributed by atoms with E-state index in [-0.39, 0.29) is 11.7 Å². The summed E-state index contributed by atoms with van der Waals surface area (Å²) in [7, 11) is 1.57. The standard InChI is InChI=1S/C12H13NO3/c1-9(14)3-8-12(15)13-10-4-6-11(16-2)7-5-10/h3-8H,1-2H3,(H,13,15)/b8-3+. The molecule has 0 heterocycles. The van der Waals surface area contributed by atoms with Gasteiger partial charge in [0.2, 0.25) is 5.91 Å². The Kier molecular flexibility index (Phi) is 4.27. The van der Waals surface area contributed by atoms with Crippen LogP contribution in [0.1, 0.15) is 6.92 Å². The van der Waals surface area contributed by atoms with Crippen molar-refractivity contribution in [3.05, 3.63) is 36.4 Å². The fourth-order valence-corrected chi connectivity index (χ4v) is 1.05. The lowest BCUT2D eigenvalue weighted by molar-refractivity contribution is -0.114. The van der Waals surface area contributed by atoms with Crippen LogP contribution in [0.3, 0.4) is 0 Å². The summed E-state index contributed by atoms with van der Waals surface area (Å²) >= 11 is 0. The molecule has 0 radical (unpaired) electrons. The molecule has 1 aromatic carbocycles. The summed E-state index contributed by atoms with van der Waals surface area (Å²) in [6.45, 7) is 1.39. The number of nitrogens with one attached hydrogen (secondary N) is 1. The molecule has 0 aliphatic carbocycles. The van der Waals surface area contributed by atoms with Crippen LogP contribution in [0.4, 0.5) is 5.69 Å². The van der Waals surface area contributed by atoms with Gasteiger partial charge in [-0.25, -0.2) is 0 Å². The van der Waals surface area contributed by atoms with Gasteiger partial charge < -0.3 is 10.1 Å². The minimum absolute atomic E-state index is 0.162. The van der Waals surface area contributed by atoms with E-state index in [0.29, 0.717) is 5.69 Å². The van der Waals surface area contributed by atoms with E-state index in [9.17, 15) is 9.59 Å². The minimum atomic E-state index is -0.333. The summed E-state index contributed by atoms with van der Waals surface area (Å²) in [5.74, 6) is 0.225. The van der Waals surface area contributed by atoms with E-state index in [2.05, 4.69) is 5.32 Å². The molecule has 16 heavy (non-hydrogen) atoms. The highest BCUT2D eigenvalue weighted by Crippen LogP contribution is 2.14. The fraction of sp³-hybridized carbons (Fsp3) is 0.167. The van der Waals surface area contributed by atoms with E-state index in [1.807, 2.05) is 0 Å². The summed E-state index contributed by atoms with van der Waals surface area (Å²) in [6.07, 6.45) is 2.42. The largest absolute Gasteiger partial charge is 0.497 e. The number of carbonyl (C=O) groups is 2. The Morgan fingerprint density at radius 1 is 1.19 bits per heavy atom. The molecule has 0 aromatic heterocycles. The van der Waals surface area contributed by atoms with Crippen LogP contribution in [0, 0.1) is 0 Å². The summed E-state index contributed by atoms with van der Waals surface area (Å²) in [5.41, 5.74) is 0.652. The number of carbonyl (C=O) groups excluding carboxylic acids is 2. The van der Waals surface area contributed by atoms with Gasteiger partial charge in [-0.15, -0.1) is 0 Å². The first-order valence-electron chi connectivity index (χ1n) is 4.75. The average Bonchev–Trinajstić information content (AvgIpc) is 2.27. The SMILES string of the molecule is COc1ccc(NC(=O)/C=C/C(C)=O)cc1. The van der Waals surface area contributed by atoms with Gasteiger partial charge in [0.05, 0.1) is 7.11 Å². The molecule has 0 aliphatic rings. The van der Waals surface area contributed by atoms with E-state index in [4.69, 9.17) is 4.74 Å². The first kappa shape index (κ1) is 12.0. The molecule has 1 aromatic rings. The molecule has 0 aliphatic heterocycles. The van der Waals surface area contributed by atoms with E-state index >= 15 is 0 Å². The molecule has 4 nitrogen and oxygen atoms in total. The molecule has 1 rings (SSSR count). The highest BCUT2D eigenvalue weighted by atomic mass is 16.5. The summed E-state index contributed by atoms with van der Waals surface area (Å²) in [5, 5.41) is 2.62. The zero-order chi connectivity index (χ0) is 12.0. The molecule has 0 bridgehead atoms. The van der Waals surface area contributed by atoms with E-state index < -0.39 is 0 Å². The molecule has 0 atom stereocenters. The van der Waals surface area contributed by atoms with Crippen LogP contribution < -0.4 is 10.1 Å². The molecule has 0 unspecified atom stereocenters. The van der Waals surface area contributed by atoms with Crippen LogP contribution in [-0.2, 0) is 9.59 Å². The monoisotopic (exact) mass is 219 g/mol. The Labute approximate surface area is 93.9 Å². The third kappa shape index (κ3) is 3.96. The molecular weight excluding hydrogens is 206 g/mol. The topological polar surface area (TPSA) is 55.4 Å². The number of rotatable bonds is 4. The van der Waals surface area contributed by atoms with Crippen molar-refractivity contribution in [3.63, 3.8) is 0 Å². The van der Waals surface area contributed by atoms with Crippen molar-refractivity contribution >= 4 is 17.4 Å². The second-order valence-corrected chi connectivity index (χ2v) is 3.16. The minimum Gasteiger partial charge on any atom is -0.497 e. The Morgan fingerprint density at radius 2 is 1.81 bits per heavy atom. The second-order valence-electron chi connectivity index (χ2n) is 3.16. The van der Waals surface area contributed by atoms with Gasteiger partial charge in [0, 0.05) is 11.8 Å². The maximum atomic E-state index is 11.3. The number of ether oxygens (including phenoxy) is 1. The highest BCUT2D eigenvalue weighted by molar-refractivity contribution is 6.03. The van der Waals surface area contributed by atoms with E-state index in [0.717, 1.165) is 5.75 Å². The van der Waals surface area contributed by atoms with Gasteiger partial charge in [0.15, 0.2) is 5.78 Å². The summed E-state index contributed by atoms with van der Waals surface area (Å²) in [4.78, 5) is 21.9. The van der Waals surface area contributed by atoms with Crippen LogP contribution in [0.5, 0.6) is 5.75 Å². The molecular formula is C12H13NO3. The third-order valence-corrected chi connectivity index (χ3v) is 1.83. The quantitative estimate of drug-likeness (QED) is 0.785. The van der Waals surface area contributed by atoms with Crippen LogP contribution in [0.15, 0.2) is 36.4 Å². The molecule has 0 spiro atoms. The van der Waals surface area contributed by atoms with Gasteiger partial charge in [-0.05, 0) is 37.3 Å². The lowest BCUT2D eigenvalue weighted by Gasteiger charge is -2.03. The lowest BCUT2D eigenvalue weighted by Crippen LogP contribution is -2.08. The summed E-state index contributed by atoms with van der Waals surface area (Å²) < 4.78 is 4.98. The Hall–Kier alpha value is -2.10. The van der Waals surface area contributed by atoms with Crippen molar-refractivity contribution in [2.24, 2.45) is 0 Å². The Morgan fingerprint density at radius 3 is 2.31 bits per heavy atom. The van der Waals surface area contributed by atoms with E-state index in [1.165, 1.54) is 19.1 Å². The Bertz CT molecular complexity index is 407. The smallest absolute Gasteiger partial charge is 0.248 e. The number of hydrogen-bond donors (Lipinski definition) is 1. The Balaban J connectivity index is 2.59. The van der Waals surface area contributed by atoms with Gasteiger partial charge in [-0.2, -0.15) is 0 Å². The maximum absolute atomic E-state index is 11.3. The van der Waals surface area contributed by atoms with Crippen molar-refractivity contribution in [2.45, 2.75) is 6.92 Å². The van der Waals surface area contributed by atoms with Crippen LogP contribution in [0.25, 0.3) is 0 Å². The number of anilines is 1. The zero-order valence-corrected chi connectivity index (χ0v) is 9.19. The number of methoxy groups -OCH3 is 1. The number of allylic oxidation sites excluding steroid dienone is 1. The normalized spacial score (nSPS) is 10.1. The zero-order valence-electron chi connectivity index (χ0n) is 9.19. The molecule has 0 saturated heterocycles. The first-order chi connectivity index (χ1) is 7.61. The predicted molar refractivity (Wildman–Crippen MR) is 61.4 cm³/mol. The summed E-state index contributed by atoms with van der Waals surface area (Å²) in [6, 6.07) is 6.92. The van der Waals surface area contributed by atoms with Crippen molar-refractivity contribution in [3.8, 4) is 5.75 Å². The second kappa shape index (κ2) is 5.70. The van der Waals surface area contributed by atoms with Crippen molar-refractivity contribution in [1.82, 2.24) is 0 Å². The molecule has 4 heteroatoms. The molecule has 1 amide bonds. The fourth-order valence-electron chi connectivity index (χ4n) is 1.05. The number of ketones is 1. The lowest BCUT2D eigenvalue weighted by atomic mass is 10.3. The van der Waals surface area contributed by atoms with Gasteiger partial charge in [0.25, 0.3) is 0 Å². The van der Waals surface area contributed by atoms with Crippen LogP contribution in [-0.4, -0.2) is 18.8 Å². The van der Waals surface area contributed by atoms with Gasteiger partial charge in [-0.3, -0.25) is 9.59 Å². The number of hydrogen-bond acceptors (Lipinski definition) is 3. The first-order valence-corrected chi connectivity index (χ1v) is 4.75. The van der Waals surface area contributed by atoms with Crippen molar-refractivity contribution < 1.29 is 14.3 Å². The van der Waals surface area contributed by atoms with Gasteiger partial charge in [-0.1, -0.05) is 0 Å². The molecule has 84 valence electrons. The van der Waals surface area contributed by atoms with Gasteiger partial charge in [0.1, 0.15) is 5.75 Å². The van der Waals surface area contributed by atoms with Crippen molar-refractivity contribution in [1.29, 1.82) is 0 Å². The highest BCUT2D eigenvalue weighted by Gasteiger charge is 1.98.